The van der Waals surface area contributed by atoms with Gasteiger partial charge in [-0.05, 0) is 42.9 Å². The Morgan fingerprint density at radius 2 is 1.53 bits per heavy atom. The first kappa shape index (κ1) is 25.7. The average molecular weight is 502 g/mol. The smallest absolute Gasteiger partial charge is 0.369 e. The molecule has 2 aromatic carbocycles. The Morgan fingerprint density at radius 3 is 2.11 bits per heavy atom. The van der Waals surface area contributed by atoms with E-state index in [2.05, 4.69) is 0 Å². The second-order valence-corrected chi connectivity index (χ2v) is 9.76. The number of Topliss-reactive ketones (excluding diaryl/α,β-unsaturated/α-hetero) is 1. The highest BCUT2D eigenvalue weighted by atomic mass is 19.4. The van der Waals surface area contributed by atoms with Crippen LogP contribution in [-0.2, 0) is 11.0 Å². The zero-order chi connectivity index (χ0) is 25.9. The quantitative estimate of drug-likeness (QED) is 0.603. The molecule has 2 unspecified atom stereocenters. The van der Waals surface area contributed by atoms with Gasteiger partial charge in [-0.1, -0.05) is 42.5 Å². The summed E-state index contributed by atoms with van der Waals surface area (Å²) in [4.78, 5) is 41.2. The Bertz CT molecular complexity index is 1080. The van der Waals surface area contributed by atoms with E-state index in [-0.39, 0.29) is 41.9 Å². The number of nitrogens with two attached hydrogens (primary N) is 1. The fraction of sp³-hybridized carbons (Fsp3) is 0.444. The number of carbonyl (C=O) groups excluding carboxylic acids is 3. The van der Waals surface area contributed by atoms with E-state index in [0.717, 1.165) is 12.1 Å². The molecule has 2 aromatic rings. The van der Waals surface area contributed by atoms with E-state index in [1.165, 1.54) is 12.1 Å². The number of piperidine rings is 2. The molecule has 0 bridgehead atoms. The number of hydrogen-bond donors (Lipinski definition) is 1. The summed E-state index contributed by atoms with van der Waals surface area (Å²) in [6, 6.07) is 13.8. The largest absolute Gasteiger partial charge is 0.416 e. The van der Waals surface area contributed by atoms with Crippen LogP contribution in [0.4, 0.5) is 18.0 Å². The first-order valence-electron chi connectivity index (χ1n) is 12.2. The maximum atomic E-state index is 13.4. The molecular formula is C27H30F3N3O3. The minimum atomic E-state index is -4.42. The molecule has 2 heterocycles. The van der Waals surface area contributed by atoms with Crippen molar-refractivity contribution < 1.29 is 27.6 Å². The molecule has 9 heteroatoms. The highest BCUT2D eigenvalue weighted by Crippen LogP contribution is 2.36. The predicted octanol–water partition coefficient (Wildman–Crippen LogP) is 4.70. The number of halogens is 3. The Labute approximate surface area is 208 Å². The van der Waals surface area contributed by atoms with Crippen LogP contribution in [0.15, 0.2) is 54.6 Å². The molecule has 2 aliphatic rings. The summed E-state index contributed by atoms with van der Waals surface area (Å²) in [5.41, 5.74) is 6.00. The maximum absolute atomic E-state index is 13.4. The van der Waals surface area contributed by atoms with Crippen LogP contribution < -0.4 is 5.73 Å². The van der Waals surface area contributed by atoms with Gasteiger partial charge in [-0.15, -0.1) is 0 Å². The first-order valence-corrected chi connectivity index (χ1v) is 12.2. The predicted molar refractivity (Wildman–Crippen MR) is 128 cm³/mol. The number of rotatable bonds is 5. The van der Waals surface area contributed by atoms with Gasteiger partial charge in [0.15, 0.2) is 5.78 Å². The van der Waals surface area contributed by atoms with Crippen molar-refractivity contribution in [1.82, 2.24) is 9.80 Å². The number of nitrogens with zero attached hydrogens (tertiary/aromatic N) is 2. The number of carbonyl (C=O) groups is 3. The molecule has 0 aromatic heterocycles. The second kappa shape index (κ2) is 10.7. The lowest BCUT2D eigenvalue weighted by atomic mass is 9.81. The van der Waals surface area contributed by atoms with Crippen LogP contribution in [0.25, 0.3) is 0 Å². The molecule has 192 valence electrons. The van der Waals surface area contributed by atoms with Crippen molar-refractivity contribution in [2.24, 2.45) is 17.6 Å². The average Bonchev–Trinajstić information content (AvgIpc) is 2.88. The lowest BCUT2D eigenvalue weighted by molar-refractivity contribution is -0.137. The van der Waals surface area contributed by atoms with Crippen molar-refractivity contribution in [1.29, 1.82) is 0 Å². The van der Waals surface area contributed by atoms with E-state index >= 15 is 0 Å². The normalized spacial score (nSPS) is 21.3. The fourth-order valence-electron chi connectivity index (χ4n) is 5.25. The number of amides is 3. The summed E-state index contributed by atoms with van der Waals surface area (Å²) in [6.45, 7) is 1.59. The van der Waals surface area contributed by atoms with E-state index in [1.807, 2.05) is 6.07 Å². The number of ketones is 1. The fourth-order valence-corrected chi connectivity index (χ4v) is 5.25. The Kier molecular flexibility index (Phi) is 7.66. The molecule has 2 aliphatic heterocycles. The van der Waals surface area contributed by atoms with Gasteiger partial charge in [-0.3, -0.25) is 9.59 Å². The lowest BCUT2D eigenvalue weighted by Gasteiger charge is -2.41. The van der Waals surface area contributed by atoms with Gasteiger partial charge in [0.05, 0.1) is 5.56 Å². The molecule has 3 amide bonds. The van der Waals surface area contributed by atoms with E-state index in [0.29, 0.717) is 56.6 Å². The Morgan fingerprint density at radius 1 is 0.889 bits per heavy atom. The molecule has 6 nitrogen and oxygen atoms in total. The van der Waals surface area contributed by atoms with Crippen molar-refractivity contribution in [3.05, 3.63) is 71.3 Å². The highest BCUT2D eigenvalue weighted by molar-refractivity contribution is 5.96. The van der Waals surface area contributed by atoms with E-state index < -0.39 is 11.7 Å². The zero-order valence-corrected chi connectivity index (χ0v) is 19.9. The van der Waals surface area contributed by atoms with Crippen LogP contribution >= 0.6 is 0 Å². The van der Waals surface area contributed by atoms with E-state index in [4.69, 9.17) is 5.73 Å². The lowest BCUT2D eigenvalue weighted by Crippen LogP contribution is -2.52. The summed E-state index contributed by atoms with van der Waals surface area (Å²) < 4.78 is 39.2. The molecule has 4 rings (SSSR count). The number of likely N-dealkylation sites (tertiary alicyclic amines) is 2. The van der Waals surface area contributed by atoms with Gasteiger partial charge in [0.1, 0.15) is 0 Å². The molecule has 0 spiro atoms. The number of benzene rings is 2. The van der Waals surface area contributed by atoms with Crippen molar-refractivity contribution in [2.45, 2.75) is 37.8 Å². The molecule has 2 atom stereocenters. The standard InChI is InChI=1S/C27H30F3N3O3/c28-27(29,30)23-8-6-19(7-9-23)22-14-18(15-24(34)20-4-2-1-3-5-20)16-33(17-22)26(36)32-12-10-21(11-13-32)25(31)35/h1-9,18,21-22H,10-17H2,(H2,31,35). The van der Waals surface area contributed by atoms with Crippen molar-refractivity contribution in [3.63, 3.8) is 0 Å². The van der Waals surface area contributed by atoms with Crippen LogP contribution in [0.5, 0.6) is 0 Å². The third-order valence-corrected chi connectivity index (χ3v) is 7.25. The molecule has 0 saturated carbocycles. The van der Waals surface area contributed by atoms with Gasteiger partial charge in [0.2, 0.25) is 5.91 Å². The van der Waals surface area contributed by atoms with Gasteiger partial charge in [0.25, 0.3) is 0 Å². The van der Waals surface area contributed by atoms with Crippen LogP contribution in [-0.4, -0.2) is 53.7 Å². The number of primary amides is 1. The zero-order valence-electron chi connectivity index (χ0n) is 19.9. The van der Waals surface area contributed by atoms with E-state index in [9.17, 15) is 27.6 Å². The maximum Gasteiger partial charge on any atom is 0.416 e. The molecule has 2 fully saturated rings. The third kappa shape index (κ3) is 6.06. The second-order valence-electron chi connectivity index (χ2n) is 9.76. The summed E-state index contributed by atoms with van der Waals surface area (Å²) >= 11 is 0. The van der Waals surface area contributed by atoms with Gasteiger partial charge in [-0.2, -0.15) is 13.2 Å². The first-order chi connectivity index (χ1) is 17.1. The molecule has 36 heavy (non-hydrogen) atoms. The van der Waals surface area contributed by atoms with Crippen LogP contribution in [0, 0.1) is 11.8 Å². The number of alkyl halides is 3. The molecule has 2 saturated heterocycles. The number of hydrogen-bond acceptors (Lipinski definition) is 3. The van der Waals surface area contributed by atoms with Gasteiger partial charge in [0, 0.05) is 50.0 Å². The highest BCUT2D eigenvalue weighted by Gasteiger charge is 2.36. The SMILES string of the molecule is NC(=O)C1CCN(C(=O)N2CC(CC(=O)c3ccccc3)CC(c3ccc(C(F)(F)F)cc3)C2)CC1. The van der Waals surface area contributed by atoms with E-state index in [1.54, 1.807) is 34.1 Å². The van der Waals surface area contributed by atoms with Gasteiger partial charge < -0.3 is 15.5 Å². The van der Waals surface area contributed by atoms with Crippen molar-refractivity contribution >= 4 is 17.7 Å². The minimum Gasteiger partial charge on any atom is -0.369 e. The summed E-state index contributed by atoms with van der Waals surface area (Å²) in [5, 5.41) is 0. The summed E-state index contributed by atoms with van der Waals surface area (Å²) in [5.74, 6) is -0.954. The molecule has 0 aliphatic carbocycles. The van der Waals surface area contributed by atoms with Crippen LogP contribution in [0.1, 0.15) is 53.1 Å². The van der Waals surface area contributed by atoms with Gasteiger partial charge >= 0.3 is 12.2 Å². The monoisotopic (exact) mass is 501 g/mol. The summed E-state index contributed by atoms with van der Waals surface area (Å²) in [7, 11) is 0. The van der Waals surface area contributed by atoms with Crippen molar-refractivity contribution in [3.8, 4) is 0 Å². The number of urea groups is 1. The molecule has 2 N–H and O–H groups in total. The molecular weight excluding hydrogens is 471 g/mol. The third-order valence-electron chi connectivity index (χ3n) is 7.25. The van der Waals surface area contributed by atoms with Crippen molar-refractivity contribution in [2.75, 3.05) is 26.2 Å². The van der Waals surface area contributed by atoms with Crippen LogP contribution in [0.2, 0.25) is 0 Å². The molecule has 0 radical (unpaired) electrons. The Balaban J connectivity index is 1.51. The minimum absolute atomic E-state index is 0.0247. The van der Waals surface area contributed by atoms with Gasteiger partial charge in [-0.25, -0.2) is 4.79 Å². The Hall–Kier alpha value is -3.36. The topological polar surface area (TPSA) is 83.7 Å². The van der Waals surface area contributed by atoms with Crippen LogP contribution in [0.3, 0.4) is 0 Å². The summed E-state index contributed by atoms with van der Waals surface area (Å²) in [6.07, 6.45) is -2.57.